The first-order valence-corrected chi connectivity index (χ1v) is 9.15. The molecule has 0 aromatic carbocycles. The molecule has 3 aromatic rings. The van der Waals surface area contributed by atoms with Crippen LogP contribution in [0.5, 0.6) is 0 Å². The van der Waals surface area contributed by atoms with Gasteiger partial charge < -0.3 is 4.57 Å². The highest BCUT2D eigenvalue weighted by atomic mass is 15.2. The van der Waals surface area contributed by atoms with Crippen molar-refractivity contribution < 1.29 is 0 Å². The molecule has 2 aliphatic rings. The second-order valence-electron chi connectivity index (χ2n) is 7.06. The molecule has 6 heteroatoms. The minimum atomic E-state index is 0.542. The van der Waals surface area contributed by atoms with Crippen molar-refractivity contribution in [1.29, 1.82) is 0 Å². The summed E-state index contributed by atoms with van der Waals surface area (Å²) in [5, 5.41) is 0. The molecule has 6 nitrogen and oxygen atoms in total. The van der Waals surface area contributed by atoms with Crippen LogP contribution in [0.3, 0.4) is 0 Å². The second-order valence-corrected chi connectivity index (χ2v) is 7.06. The number of aryl methyl sites for hydroxylation is 3. The molecule has 0 radical (unpaired) electrons. The van der Waals surface area contributed by atoms with E-state index in [-0.39, 0.29) is 0 Å². The molecule has 0 aliphatic carbocycles. The van der Waals surface area contributed by atoms with Crippen molar-refractivity contribution >= 4 is 11.0 Å². The van der Waals surface area contributed by atoms with E-state index in [1.165, 1.54) is 41.7 Å². The van der Waals surface area contributed by atoms with Gasteiger partial charge in [0, 0.05) is 55.1 Å². The average Bonchev–Trinajstić information content (AvgIpc) is 3.22. The Bertz CT molecular complexity index is 917. The van der Waals surface area contributed by atoms with Crippen LogP contribution in [0.1, 0.15) is 41.7 Å². The van der Waals surface area contributed by atoms with Crippen LogP contribution in [0.25, 0.3) is 11.0 Å². The predicted molar refractivity (Wildman–Crippen MR) is 95.3 cm³/mol. The van der Waals surface area contributed by atoms with Gasteiger partial charge in [-0.1, -0.05) is 0 Å². The SMILES string of the molecule is Cc1ncc2c(n1)c1c(n2CCc2ccncn2)CCN2CCCC12. The minimum Gasteiger partial charge on any atom is -0.341 e. The predicted octanol–water partition coefficient (Wildman–Crippen LogP) is 2.47. The van der Waals surface area contributed by atoms with E-state index in [1.54, 1.807) is 6.33 Å². The minimum absolute atomic E-state index is 0.542. The maximum atomic E-state index is 4.84. The van der Waals surface area contributed by atoms with Crippen molar-refractivity contribution in [3.8, 4) is 0 Å². The first kappa shape index (κ1) is 15.0. The lowest BCUT2D eigenvalue weighted by atomic mass is 9.98. The molecule has 0 spiro atoms. The number of nitrogens with zero attached hydrogens (tertiary/aromatic N) is 6. The third kappa shape index (κ3) is 2.43. The van der Waals surface area contributed by atoms with Crippen LogP contribution in [-0.4, -0.2) is 42.5 Å². The Labute approximate surface area is 147 Å². The number of rotatable bonds is 3. The lowest BCUT2D eigenvalue weighted by molar-refractivity contribution is 0.241. The van der Waals surface area contributed by atoms with E-state index in [9.17, 15) is 0 Å². The van der Waals surface area contributed by atoms with Crippen molar-refractivity contribution in [3.05, 3.63) is 47.6 Å². The number of hydrogen-bond acceptors (Lipinski definition) is 5. The summed E-state index contributed by atoms with van der Waals surface area (Å²) in [5.74, 6) is 0.860. The monoisotopic (exact) mass is 334 g/mol. The van der Waals surface area contributed by atoms with Crippen LogP contribution in [0, 0.1) is 6.92 Å². The standard InChI is InChI=1S/C19H22N6/c1-13-21-11-17-19(23-13)18-15-3-2-8-24(15)9-6-16(18)25(17)10-5-14-4-7-20-12-22-14/h4,7,11-12,15H,2-3,5-6,8-10H2,1H3. The van der Waals surface area contributed by atoms with E-state index in [0.29, 0.717) is 6.04 Å². The first-order chi connectivity index (χ1) is 12.3. The highest BCUT2D eigenvalue weighted by Gasteiger charge is 2.35. The maximum absolute atomic E-state index is 4.84. The topological polar surface area (TPSA) is 59.7 Å². The average molecular weight is 334 g/mol. The van der Waals surface area contributed by atoms with Crippen molar-refractivity contribution in [2.45, 2.75) is 45.2 Å². The van der Waals surface area contributed by atoms with E-state index in [1.807, 2.05) is 25.4 Å². The molecule has 2 aliphatic heterocycles. The van der Waals surface area contributed by atoms with E-state index < -0.39 is 0 Å². The van der Waals surface area contributed by atoms with Crippen LogP contribution in [0.4, 0.5) is 0 Å². The molecule has 1 saturated heterocycles. The number of hydrogen-bond donors (Lipinski definition) is 0. The van der Waals surface area contributed by atoms with Gasteiger partial charge in [-0.3, -0.25) is 4.90 Å². The molecule has 0 amide bonds. The fourth-order valence-corrected chi connectivity index (χ4v) is 4.52. The van der Waals surface area contributed by atoms with Gasteiger partial charge in [0.2, 0.25) is 0 Å². The van der Waals surface area contributed by atoms with Gasteiger partial charge in [0.15, 0.2) is 0 Å². The quantitative estimate of drug-likeness (QED) is 0.736. The first-order valence-electron chi connectivity index (χ1n) is 9.15. The van der Waals surface area contributed by atoms with Gasteiger partial charge in [-0.2, -0.15) is 0 Å². The van der Waals surface area contributed by atoms with Gasteiger partial charge in [0.25, 0.3) is 0 Å². The third-order valence-corrected chi connectivity index (χ3v) is 5.64. The lowest BCUT2D eigenvalue weighted by Crippen LogP contribution is -2.31. The Hall–Kier alpha value is -2.34. The normalized spacial score (nSPS) is 20.0. The summed E-state index contributed by atoms with van der Waals surface area (Å²) < 4.78 is 2.45. The molecule has 0 bridgehead atoms. The molecule has 3 aromatic heterocycles. The van der Waals surface area contributed by atoms with Crippen LogP contribution in [0.15, 0.2) is 24.8 Å². The van der Waals surface area contributed by atoms with E-state index >= 15 is 0 Å². The van der Waals surface area contributed by atoms with E-state index in [4.69, 9.17) is 4.98 Å². The molecular weight excluding hydrogens is 312 g/mol. The molecule has 1 atom stereocenters. The smallest absolute Gasteiger partial charge is 0.126 e. The van der Waals surface area contributed by atoms with Gasteiger partial charge >= 0.3 is 0 Å². The molecule has 5 rings (SSSR count). The van der Waals surface area contributed by atoms with Crippen LogP contribution in [-0.2, 0) is 19.4 Å². The van der Waals surface area contributed by atoms with E-state index in [0.717, 1.165) is 37.4 Å². The number of aromatic nitrogens is 5. The highest BCUT2D eigenvalue weighted by molar-refractivity contribution is 5.82. The van der Waals surface area contributed by atoms with Gasteiger partial charge in [0.1, 0.15) is 12.2 Å². The van der Waals surface area contributed by atoms with Crippen LogP contribution < -0.4 is 0 Å². The zero-order chi connectivity index (χ0) is 16.8. The molecule has 128 valence electrons. The lowest BCUT2D eigenvalue weighted by Gasteiger charge is -2.30. The Morgan fingerprint density at radius 2 is 2.20 bits per heavy atom. The molecule has 0 saturated carbocycles. The summed E-state index contributed by atoms with van der Waals surface area (Å²) in [6.07, 6.45) is 10.0. The summed E-state index contributed by atoms with van der Waals surface area (Å²) in [6, 6.07) is 2.54. The van der Waals surface area contributed by atoms with E-state index in [2.05, 4.69) is 24.4 Å². The Balaban J connectivity index is 1.61. The molecule has 0 N–H and O–H groups in total. The molecule has 1 unspecified atom stereocenters. The summed E-state index contributed by atoms with van der Waals surface area (Å²) in [4.78, 5) is 20.3. The molecule has 25 heavy (non-hydrogen) atoms. The second kappa shape index (κ2) is 5.88. The molecule has 1 fully saturated rings. The van der Waals surface area contributed by atoms with Gasteiger partial charge in [-0.25, -0.2) is 19.9 Å². The van der Waals surface area contributed by atoms with Crippen molar-refractivity contribution in [1.82, 2.24) is 29.4 Å². The summed E-state index contributed by atoms with van der Waals surface area (Å²) in [7, 11) is 0. The Morgan fingerprint density at radius 1 is 1.24 bits per heavy atom. The zero-order valence-electron chi connectivity index (χ0n) is 14.5. The fraction of sp³-hybridized carbons (Fsp3) is 0.474. The fourth-order valence-electron chi connectivity index (χ4n) is 4.52. The van der Waals surface area contributed by atoms with Gasteiger partial charge in [0.05, 0.1) is 17.2 Å². The highest BCUT2D eigenvalue weighted by Crippen LogP contribution is 2.42. The summed E-state index contributed by atoms with van der Waals surface area (Å²) in [5.41, 5.74) is 6.36. The molecular formula is C19H22N6. The zero-order valence-corrected chi connectivity index (χ0v) is 14.5. The summed E-state index contributed by atoms with van der Waals surface area (Å²) in [6.45, 7) is 5.29. The number of fused-ring (bicyclic) bond motifs is 5. The maximum Gasteiger partial charge on any atom is 0.126 e. The van der Waals surface area contributed by atoms with Crippen molar-refractivity contribution in [3.63, 3.8) is 0 Å². The Morgan fingerprint density at radius 3 is 3.08 bits per heavy atom. The third-order valence-electron chi connectivity index (χ3n) is 5.64. The van der Waals surface area contributed by atoms with Crippen molar-refractivity contribution in [2.75, 3.05) is 13.1 Å². The van der Waals surface area contributed by atoms with Crippen LogP contribution in [0.2, 0.25) is 0 Å². The van der Waals surface area contributed by atoms with Crippen molar-refractivity contribution in [2.24, 2.45) is 0 Å². The summed E-state index contributed by atoms with van der Waals surface area (Å²) >= 11 is 0. The largest absolute Gasteiger partial charge is 0.341 e. The van der Waals surface area contributed by atoms with Gasteiger partial charge in [-0.05, 0) is 32.4 Å². The molecule has 5 heterocycles. The van der Waals surface area contributed by atoms with Crippen LogP contribution >= 0.6 is 0 Å². The van der Waals surface area contributed by atoms with Gasteiger partial charge in [-0.15, -0.1) is 0 Å². The Kier molecular flexibility index (Phi) is 3.52.